The van der Waals surface area contributed by atoms with E-state index in [-0.39, 0.29) is 6.04 Å². The minimum Gasteiger partial charge on any atom is -0.342 e. The predicted molar refractivity (Wildman–Crippen MR) is 48.7 cm³/mol. The topological polar surface area (TPSA) is 20.3 Å². The zero-order valence-corrected chi connectivity index (χ0v) is 7.40. The van der Waals surface area contributed by atoms with Crippen LogP contribution in [-0.4, -0.2) is 18.4 Å². The van der Waals surface area contributed by atoms with Gasteiger partial charge >= 0.3 is 0 Å². The molecule has 2 nitrogen and oxygen atoms in total. The van der Waals surface area contributed by atoms with E-state index in [0.29, 0.717) is 0 Å². The van der Waals surface area contributed by atoms with Crippen LogP contribution in [0.5, 0.6) is 0 Å². The summed E-state index contributed by atoms with van der Waals surface area (Å²) in [6.07, 6.45) is 0.845. The zero-order chi connectivity index (χ0) is 8.97. The van der Waals surface area contributed by atoms with Crippen LogP contribution in [0.25, 0.3) is 0 Å². The molecule has 0 aliphatic heterocycles. The van der Waals surface area contributed by atoms with E-state index in [1.807, 2.05) is 37.3 Å². The molecule has 0 aliphatic carbocycles. The molecule has 0 N–H and O–H groups in total. The molecule has 0 radical (unpaired) electrons. The van der Waals surface area contributed by atoms with Gasteiger partial charge in [0.05, 0.1) is 6.04 Å². The summed E-state index contributed by atoms with van der Waals surface area (Å²) < 4.78 is 0. The summed E-state index contributed by atoms with van der Waals surface area (Å²) >= 11 is 0. The van der Waals surface area contributed by atoms with Gasteiger partial charge < -0.3 is 4.90 Å². The fourth-order valence-corrected chi connectivity index (χ4v) is 1.06. The Balaban J connectivity index is 2.78. The molecule has 0 bridgehead atoms. The Morgan fingerprint density at radius 1 is 1.33 bits per heavy atom. The van der Waals surface area contributed by atoms with Gasteiger partial charge in [0.2, 0.25) is 6.41 Å². The molecule has 0 heterocycles. The van der Waals surface area contributed by atoms with Crippen LogP contribution in [0.2, 0.25) is 0 Å². The summed E-state index contributed by atoms with van der Waals surface area (Å²) in [5, 5.41) is 0. The fraction of sp³-hybridized carbons (Fsp3) is 0.300. The van der Waals surface area contributed by atoms with Gasteiger partial charge in [-0.3, -0.25) is 4.79 Å². The lowest BCUT2D eigenvalue weighted by molar-refractivity contribution is -0.118. The van der Waals surface area contributed by atoms with Gasteiger partial charge in [0.15, 0.2) is 0 Å². The molecule has 0 saturated heterocycles. The molecule has 64 valence electrons. The summed E-state index contributed by atoms with van der Waals surface area (Å²) in [7, 11) is 1.78. The molecule has 12 heavy (non-hydrogen) atoms. The Morgan fingerprint density at radius 2 is 1.92 bits per heavy atom. The van der Waals surface area contributed by atoms with Crippen LogP contribution < -0.4 is 0 Å². The van der Waals surface area contributed by atoms with Gasteiger partial charge in [0, 0.05) is 7.05 Å². The highest BCUT2D eigenvalue weighted by atomic mass is 16.1. The van der Waals surface area contributed by atoms with Crippen LogP contribution in [0.3, 0.4) is 0 Å². The Labute approximate surface area is 72.8 Å². The molecule has 0 fully saturated rings. The molecule has 1 aromatic rings. The molecule has 0 spiro atoms. The van der Waals surface area contributed by atoms with Crippen molar-refractivity contribution in [2.45, 2.75) is 13.0 Å². The number of rotatable bonds is 3. The maximum Gasteiger partial charge on any atom is 0.209 e. The number of nitrogens with zero attached hydrogens (tertiary/aromatic N) is 1. The van der Waals surface area contributed by atoms with Crippen molar-refractivity contribution < 1.29 is 4.79 Å². The highest BCUT2D eigenvalue weighted by molar-refractivity contribution is 5.47. The van der Waals surface area contributed by atoms with Gasteiger partial charge in [0.1, 0.15) is 0 Å². The van der Waals surface area contributed by atoms with E-state index in [4.69, 9.17) is 0 Å². The molecule has 1 amide bonds. The lowest BCUT2D eigenvalue weighted by atomic mass is 10.1. The Bertz CT molecular complexity index is 245. The highest BCUT2D eigenvalue weighted by Crippen LogP contribution is 2.15. The number of benzene rings is 1. The van der Waals surface area contributed by atoms with Crippen LogP contribution in [0.1, 0.15) is 18.5 Å². The first-order valence-electron chi connectivity index (χ1n) is 3.98. The van der Waals surface area contributed by atoms with Crippen molar-refractivity contribution in [3.05, 3.63) is 35.9 Å². The van der Waals surface area contributed by atoms with Crippen molar-refractivity contribution in [1.82, 2.24) is 4.90 Å². The van der Waals surface area contributed by atoms with Gasteiger partial charge in [-0.2, -0.15) is 0 Å². The molecule has 0 aromatic heterocycles. The van der Waals surface area contributed by atoms with Crippen molar-refractivity contribution in [3.8, 4) is 0 Å². The second-order valence-electron chi connectivity index (χ2n) is 2.86. The Hall–Kier alpha value is -1.31. The summed E-state index contributed by atoms with van der Waals surface area (Å²) in [6.45, 7) is 2.00. The minimum absolute atomic E-state index is 0.156. The average molecular weight is 163 g/mol. The van der Waals surface area contributed by atoms with Crippen molar-refractivity contribution >= 4 is 6.41 Å². The number of carbonyl (C=O) groups is 1. The molecule has 1 aromatic carbocycles. The summed E-state index contributed by atoms with van der Waals surface area (Å²) in [4.78, 5) is 12.1. The summed E-state index contributed by atoms with van der Waals surface area (Å²) in [6, 6.07) is 10.1. The normalized spacial score (nSPS) is 12.2. The summed E-state index contributed by atoms with van der Waals surface area (Å²) in [5.41, 5.74) is 1.16. The van der Waals surface area contributed by atoms with Crippen molar-refractivity contribution in [2.24, 2.45) is 0 Å². The third kappa shape index (κ3) is 1.84. The third-order valence-electron chi connectivity index (χ3n) is 2.06. The van der Waals surface area contributed by atoms with Crippen LogP contribution in [0.4, 0.5) is 0 Å². The molecule has 2 heteroatoms. The van der Waals surface area contributed by atoms with Gasteiger partial charge in [0.25, 0.3) is 0 Å². The lowest BCUT2D eigenvalue weighted by Crippen LogP contribution is -2.20. The van der Waals surface area contributed by atoms with Crippen LogP contribution >= 0.6 is 0 Å². The number of carbonyl (C=O) groups excluding carboxylic acids is 1. The quantitative estimate of drug-likeness (QED) is 0.622. The maximum atomic E-state index is 10.4. The van der Waals surface area contributed by atoms with Crippen LogP contribution in [0, 0.1) is 0 Å². The smallest absolute Gasteiger partial charge is 0.209 e. The predicted octanol–water partition coefficient (Wildman–Crippen LogP) is 1.84. The lowest BCUT2D eigenvalue weighted by Gasteiger charge is -2.20. The second kappa shape index (κ2) is 3.90. The zero-order valence-electron chi connectivity index (χ0n) is 7.40. The highest BCUT2D eigenvalue weighted by Gasteiger charge is 2.07. The maximum absolute atomic E-state index is 10.4. The molecule has 0 aliphatic rings. The Kier molecular flexibility index (Phi) is 2.86. The monoisotopic (exact) mass is 163 g/mol. The van der Waals surface area contributed by atoms with Crippen LogP contribution in [-0.2, 0) is 4.79 Å². The average Bonchev–Trinajstić information content (AvgIpc) is 2.17. The first kappa shape index (κ1) is 8.78. The molecule has 1 rings (SSSR count). The first-order chi connectivity index (χ1) is 5.75. The van der Waals surface area contributed by atoms with Gasteiger partial charge in [-0.25, -0.2) is 0 Å². The molecule has 1 atom stereocenters. The minimum atomic E-state index is 0.156. The third-order valence-corrected chi connectivity index (χ3v) is 2.06. The van der Waals surface area contributed by atoms with E-state index < -0.39 is 0 Å². The van der Waals surface area contributed by atoms with Crippen LogP contribution in [0.15, 0.2) is 30.3 Å². The van der Waals surface area contributed by atoms with Gasteiger partial charge in [-0.15, -0.1) is 0 Å². The van der Waals surface area contributed by atoms with E-state index >= 15 is 0 Å². The van der Waals surface area contributed by atoms with E-state index in [0.717, 1.165) is 12.0 Å². The van der Waals surface area contributed by atoms with Gasteiger partial charge in [-0.05, 0) is 12.5 Å². The van der Waals surface area contributed by atoms with Gasteiger partial charge in [-0.1, -0.05) is 30.3 Å². The SMILES string of the molecule is C[C@@H](c1ccccc1)N(C)C=O. The number of hydrogen-bond donors (Lipinski definition) is 0. The largest absolute Gasteiger partial charge is 0.342 e. The van der Waals surface area contributed by atoms with Crippen molar-refractivity contribution in [2.75, 3.05) is 7.05 Å². The Morgan fingerprint density at radius 3 is 2.42 bits per heavy atom. The summed E-state index contributed by atoms with van der Waals surface area (Å²) in [5.74, 6) is 0. The van der Waals surface area contributed by atoms with E-state index in [1.165, 1.54) is 0 Å². The first-order valence-corrected chi connectivity index (χ1v) is 3.98. The van der Waals surface area contributed by atoms with E-state index in [9.17, 15) is 4.79 Å². The standard InChI is InChI=1S/C10H13NO/c1-9(11(2)8-12)10-6-4-3-5-7-10/h3-9H,1-2H3/t9-/m0/s1. The fourth-order valence-electron chi connectivity index (χ4n) is 1.06. The van der Waals surface area contributed by atoms with E-state index in [2.05, 4.69) is 0 Å². The second-order valence-corrected chi connectivity index (χ2v) is 2.86. The number of hydrogen-bond acceptors (Lipinski definition) is 1. The molecular formula is C10H13NO. The van der Waals surface area contributed by atoms with Crippen molar-refractivity contribution in [1.29, 1.82) is 0 Å². The molecular weight excluding hydrogens is 150 g/mol. The van der Waals surface area contributed by atoms with E-state index in [1.54, 1.807) is 11.9 Å². The molecule has 0 unspecified atom stereocenters. The van der Waals surface area contributed by atoms with Crippen molar-refractivity contribution in [3.63, 3.8) is 0 Å². The molecule has 0 saturated carbocycles. The number of amides is 1.